The van der Waals surface area contributed by atoms with Crippen LogP contribution in [0.5, 0.6) is 0 Å². The second kappa shape index (κ2) is 6.83. The van der Waals surface area contributed by atoms with Crippen LogP contribution in [0, 0.1) is 0 Å². The van der Waals surface area contributed by atoms with Crippen molar-refractivity contribution in [1.29, 1.82) is 0 Å². The van der Waals surface area contributed by atoms with Gasteiger partial charge in [0.1, 0.15) is 6.04 Å². The van der Waals surface area contributed by atoms with Crippen LogP contribution in [0.4, 0.5) is 11.4 Å². The lowest BCUT2D eigenvalue weighted by Crippen LogP contribution is -2.35. The second-order valence-electron chi connectivity index (χ2n) is 5.58. The van der Waals surface area contributed by atoms with Gasteiger partial charge in [-0.05, 0) is 36.2 Å². The van der Waals surface area contributed by atoms with E-state index in [1.165, 1.54) is 6.07 Å². The molecule has 1 N–H and O–H groups in total. The van der Waals surface area contributed by atoms with Crippen molar-refractivity contribution in [2.75, 3.05) is 10.2 Å². The van der Waals surface area contributed by atoms with Crippen LogP contribution in [-0.4, -0.2) is 17.9 Å². The molecule has 0 bridgehead atoms. The zero-order chi connectivity index (χ0) is 17.3. The number of carbonyl (C=O) groups is 2. The second-order valence-corrected chi connectivity index (χ2v) is 6.39. The van der Waals surface area contributed by atoms with E-state index < -0.39 is 6.04 Å². The molecule has 6 heteroatoms. The molecule has 2 amide bonds. The minimum absolute atomic E-state index is 0.108. The summed E-state index contributed by atoms with van der Waals surface area (Å²) in [6.07, 6.45) is 0.950. The number of hydrogen-bond donors (Lipinski definition) is 1. The molecule has 0 aliphatic carbocycles. The summed E-state index contributed by atoms with van der Waals surface area (Å²) in [7, 11) is 0. The fraction of sp³-hybridized carbons (Fsp3) is 0.222. The SMILES string of the molecule is CCc1ccccc1N[C@@H]1CC(=O)N(c2ccc(Cl)c(Cl)c2)C1=O. The third kappa shape index (κ3) is 3.12. The smallest absolute Gasteiger partial charge is 0.256 e. The van der Waals surface area contributed by atoms with Gasteiger partial charge in [-0.2, -0.15) is 0 Å². The minimum atomic E-state index is -0.584. The molecule has 1 fully saturated rings. The number of rotatable bonds is 4. The summed E-state index contributed by atoms with van der Waals surface area (Å²) >= 11 is 11.9. The Hall–Kier alpha value is -2.04. The molecule has 2 aromatic rings. The van der Waals surface area contributed by atoms with Gasteiger partial charge < -0.3 is 5.32 Å². The summed E-state index contributed by atoms with van der Waals surface area (Å²) in [5.74, 6) is -0.547. The number of nitrogens with one attached hydrogen (secondary N) is 1. The van der Waals surface area contributed by atoms with E-state index in [0.29, 0.717) is 15.7 Å². The summed E-state index contributed by atoms with van der Waals surface area (Å²) in [5.41, 5.74) is 2.42. The number of imide groups is 1. The van der Waals surface area contributed by atoms with E-state index >= 15 is 0 Å². The van der Waals surface area contributed by atoms with Crippen LogP contribution in [0.25, 0.3) is 0 Å². The van der Waals surface area contributed by atoms with Crippen molar-refractivity contribution in [3.63, 3.8) is 0 Å². The van der Waals surface area contributed by atoms with Gasteiger partial charge in [-0.25, -0.2) is 4.90 Å². The Morgan fingerprint density at radius 1 is 1.12 bits per heavy atom. The largest absolute Gasteiger partial charge is 0.373 e. The number of hydrogen-bond acceptors (Lipinski definition) is 3. The zero-order valence-corrected chi connectivity index (χ0v) is 14.6. The van der Waals surface area contributed by atoms with Crippen molar-refractivity contribution in [3.8, 4) is 0 Å². The van der Waals surface area contributed by atoms with Crippen molar-refractivity contribution >= 4 is 46.4 Å². The van der Waals surface area contributed by atoms with Gasteiger partial charge in [-0.1, -0.05) is 48.3 Å². The highest BCUT2D eigenvalue weighted by molar-refractivity contribution is 6.42. The molecular weight excluding hydrogens is 347 g/mol. The minimum Gasteiger partial charge on any atom is -0.373 e. The highest BCUT2D eigenvalue weighted by atomic mass is 35.5. The van der Waals surface area contributed by atoms with Crippen molar-refractivity contribution in [1.82, 2.24) is 0 Å². The van der Waals surface area contributed by atoms with E-state index in [1.807, 2.05) is 31.2 Å². The van der Waals surface area contributed by atoms with Gasteiger partial charge in [0.2, 0.25) is 5.91 Å². The average molecular weight is 363 g/mol. The van der Waals surface area contributed by atoms with Crippen LogP contribution in [0.1, 0.15) is 18.9 Å². The molecule has 1 aliphatic heterocycles. The lowest BCUT2D eigenvalue weighted by Gasteiger charge is -2.17. The molecule has 124 valence electrons. The van der Waals surface area contributed by atoms with E-state index in [2.05, 4.69) is 5.32 Å². The maximum absolute atomic E-state index is 12.7. The number of nitrogens with zero attached hydrogens (tertiary/aromatic N) is 1. The van der Waals surface area contributed by atoms with Crippen LogP contribution in [0.2, 0.25) is 10.0 Å². The molecule has 0 aromatic heterocycles. The van der Waals surface area contributed by atoms with Gasteiger partial charge in [0, 0.05) is 5.69 Å². The van der Waals surface area contributed by atoms with Gasteiger partial charge in [0.25, 0.3) is 5.91 Å². The van der Waals surface area contributed by atoms with E-state index in [0.717, 1.165) is 22.6 Å². The first-order valence-electron chi connectivity index (χ1n) is 7.67. The van der Waals surface area contributed by atoms with Crippen molar-refractivity contribution in [3.05, 3.63) is 58.1 Å². The predicted octanol–water partition coefficient (Wildman–Crippen LogP) is 4.30. The number of amides is 2. The molecule has 1 atom stereocenters. The maximum atomic E-state index is 12.7. The van der Waals surface area contributed by atoms with Crippen LogP contribution in [0.3, 0.4) is 0 Å². The Labute approximate surface area is 150 Å². The summed E-state index contributed by atoms with van der Waals surface area (Å²) in [5, 5.41) is 3.88. The van der Waals surface area contributed by atoms with E-state index in [1.54, 1.807) is 12.1 Å². The Morgan fingerprint density at radius 3 is 2.58 bits per heavy atom. The molecule has 0 radical (unpaired) electrons. The summed E-state index contributed by atoms with van der Waals surface area (Å²) in [6, 6.07) is 11.9. The molecule has 0 unspecified atom stereocenters. The first kappa shape index (κ1) is 16.8. The van der Waals surface area contributed by atoms with Gasteiger partial charge in [-0.3, -0.25) is 9.59 Å². The van der Waals surface area contributed by atoms with Gasteiger partial charge in [0.15, 0.2) is 0 Å². The Kier molecular flexibility index (Phi) is 4.78. The van der Waals surface area contributed by atoms with Crippen LogP contribution in [0.15, 0.2) is 42.5 Å². The molecule has 0 spiro atoms. The highest BCUT2D eigenvalue weighted by Gasteiger charge is 2.39. The summed E-state index contributed by atoms with van der Waals surface area (Å²) < 4.78 is 0. The summed E-state index contributed by atoms with van der Waals surface area (Å²) in [4.78, 5) is 26.2. The number of carbonyl (C=O) groups excluding carboxylic acids is 2. The molecule has 1 aliphatic rings. The van der Waals surface area contributed by atoms with Gasteiger partial charge in [-0.15, -0.1) is 0 Å². The number of para-hydroxylation sites is 1. The molecule has 4 nitrogen and oxygen atoms in total. The van der Waals surface area contributed by atoms with Crippen LogP contribution >= 0.6 is 23.2 Å². The normalized spacial score (nSPS) is 17.5. The number of anilines is 2. The van der Waals surface area contributed by atoms with Crippen LogP contribution < -0.4 is 10.2 Å². The lowest BCUT2D eigenvalue weighted by molar-refractivity contribution is -0.121. The number of aryl methyl sites for hydroxylation is 1. The molecule has 1 saturated heterocycles. The van der Waals surface area contributed by atoms with E-state index in [-0.39, 0.29) is 18.2 Å². The molecule has 24 heavy (non-hydrogen) atoms. The van der Waals surface area contributed by atoms with Crippen molar-refractivity contribution < 1.29 is 9.59 Å². The third-order valence-electron chi connectivity index (χ3n) is 4.04. The van der Waals surface area contributed by atoms with Crippen molar-refractivity contribution in [2.45, 2.75) is 25.8 Å². The topological polar surface area (TPSA) is 49.4 Å². The standard InChI is InChI=1S/C18H16Cl2N2O2/c1-2-11-5-3-4-6-15(11)21-16-10-17(23)22(18(16)24)12-7-8-13(19)14(20)9-12/h3-9,16,21H,2,10H2,1H3/t16-/m1/s1. The first-order valence-corrected chi connectivity index (χ1v) is 8.43. The zero-order valence-electron chi connectivity index (χ0n) is 13.1. The Morgan fingerprint density at radius 2 is 1.88 bits per heavy atom. The lowest BCUT2D eigenvalue weighted by atomic mass is 10.1. The van der Waals surface area contributed by atoms with E-state index in [4.69, 9.17) is 23.2 Å². The van der Waals surface area contributed by atoms with Gasteiger partial charge in [0.05, 0.1) is 22.2 Å². The van der Waals surface area contributed by atoms with Crippen LogP contribution in [-0.2, 0) is 16.0 Å². The number of halogens is 2. The molecular formula is C18H16Cl2N2O2. The third-order valence-corrected chi connectivity index (χ3v) is 4.78. The summed E-state index contributed by atoms with van der Waals surface area (Å²) in [6.45, 7) is 2.05. The Bertz CT molecular complexity index is 807. The first-order chi connectivity index (χ1) is 11.5. The van der Waals surface area contributed by atoms with E-state index in [9.17, 15) is 9.59 Å². The average Bonchev–Trinajstić information content (AvgIpc) is 2.85. The fourth-order valence-electron chi connectivity index (χ4n) is 2.80. The quantitative estimate of drug-likeness (QED) is 0.824. The maximum Gasteiger partial charge on any atom is 0.256 e. The molecule has 1 heterocycles. The number of benzene rings is 2. The molecule has 0 saturated carbocycles. The predicted molar refractivity (Wildman–Crippen MR) is 96.8 cm³/mol. The molecule has 2 aromatic carbocycles. The monoisotopic (exact) mass is 362 g/mol. The Balaban J connectivity index is 1.85. The van der Waals surface area contributed by atoms with Crippen molar-refractivity contribution in [2.24, 2.45) is 0 Å². The molecule has 3 rings (SSSR count). The highest BCUT2D eigenvalue weighted by Crippen LogP contribution is 2.31. The fourth-order valence-corrected chi connectivity index (χ4v) is 3.09. The van der Waals surface area contributed by atoms with Gasteiger partial charge >= 0.3 is 0 Å².